The Kier molecular flexibility index (Phi) is 5.69. The standard InChI is InChI=1S/C18H22N4OS/c1-24-17-9-8-16(20-21-17)19-13-14-6-5-7-15(12-14)18(23)22-10-3-2-4-11-22/h5-9,12H,2-4,10-11,13H2,1H3,(H,19,20). The molecule has 1 aromatic heterocycles. The van der Waals surface area contributed by atoms with Crippen LogP contribution in [0, 0.1) is 0 Å². The van der Waals surface area contributed by atoms with Gasteiger partial charge in [0, 0.05) is 25.2 Å². The summed E-state index contributed by atoms with van der Waals surface area (Å²) in [5.41, 5.74) is 1.83. The van der Waals surface area contributed by atoms with Gasteiger partial charge >= 0.3 is 0 Å². The molecule has 126 valence electrons. The number of benzene rings is 1. The molecule has 0 spiro atoms. The van der Waals surface area contributed by atoms with Gasteiger partial charge in [-0.3, -0.25) is 4.79 Å². The Balaban J connectivity index is 1.62. The number of nitrogens with zero attached hydrogens (tertiary/aromatic N) is 3. The van der Waals surface area contributed by atoms with Gasteiger partial charge in [-0.05, 0) is 55.3 Å². The minimum atomic E-state index is 0.140. The molecular weight excluding hydrogens is 320 g/mol. The molecule has 0 unspecified atom stereocenters. The average Bonchev–Trinajstić information content (AvgIpc) is 2.67. The van der Waals surface area contributed by atoms with Crippen LogP contribution in [0.15, 0.2) is 41.4 Å². The molecule has 3 rings (SSSR count). The third-order valence-corrected chi connectivity index (χ3v) is 4.78. The predicted octanol–water partition coefficient (Wildman–Crippen LogP) is 3.44. The van der Waals surface area contributed by atoms with Crippen LogP contribution in [0.3, 0.4) is 0 Å². The van der Waals surface area contributed by atoms with Gasteiger partial charge in [0.05, 0.1) is 0 Å². The lowest BCUT2D eigenvalue weighted by atomic mass is 10.1. The van der Waals surface area contributed by atoms with E-state index in [9.17, 15) is 4.79 Å². The minimum absolute atomic E-state index is 0.140. The van der Waals surface area contributed by atoms with Crippen molar-refractivity contribution in [3.8, 4) is 0 Å². The quantitative estimate of drug-likeness (QED) is 0.844. The Labute approximate surface area is 146 Å². The summed E-state index contributed by atoms with van der Waals surface area (Å²) < 4.78 is 0. The van der Waals surface area contributed by atoms with Gasteiger partial charge < -0.3 is 10.2 Å². The van der Waals surface area contributed by atoms with Crippen LogP contribution in [0.2, 0.25) is 0 Å². The highest BCUT2D eigenvalue weighted by Gasteiger charge is 2.18. The van der Waals surface area contributed by atoms with Crippen LogP contribution in [0.25, 0.3) is 0 Å². The molecule has 1 aliphatic rings. The zero-order valence-corrected chi connectivity index (χ0v) is 14.7. The average molecular weight is 342 g/mol. The minimum Gasteiger partial charge on any atom is -0.365 e. The molecular formula is C18H22N4OS. The van der Waals surface area contributed by atoms with E-state index in [4.69, 9.17) is 0 Å². The van der Waals surface area contributed by atoms with Crippen LogP contribution in [-0.4, -0.2) is 40.3 Å². The second-order valence-electron chi connectivity index (χ2n) is 5.87. The second-order valence-corrected chi connectivity index (χ2v) is 6.69. The first-order valence-corrected chi connectivity index (χ1v) is 9.48. The molecule has 1 saturated heterocycles. The molecule has 0 radical (unpaired) electrons. The number of hydrogen-bond donors (Lipinski definition) is 1. The second kappa shape index (κ2) is 8.15. The largest absolute Gasteiger partial charge is 0.365 e. The molecule has 1 N–H and O–H groups in total. The van der Waals surface area contributed by atoms with Gasteiger partial charge in [-0.1, -0.05) is 12.1 Å². The number of thioether (sulfide) groups is 1. The van der Waals surface area contributed by atoms with Gasteiger partial charge in [-0.15, -0.1) is 22.0 Å². The first kappa shape index (κ1) is 16.8. The van der Waals surface area contributed by atoms with E-state index in [0.717, 1.165) is 47.9 Å². The summed E-state index contributed by atoms with van der Waals surface area (Å²) in [7, 11) is 0. The lowest BCUT2D eigenvalue weighted by Gasteiger charge is -2.26. The van der Waals surface area contributed by atoms with Crippen molar-refractivity contribution in [3.05, 3.63) is 47.5 Å². The van der Waals surface area contributed by atoms with Crippen molar-refractivity contribution < 1.29 is 4.79 Å². The number of anilines is 1. The third-order valence-electron chi connectivity index (χ3n) is 4.14. The smallest absolute Gasteiger partial charge is 0.253 e. The zero-order chi connectivity index (χ0) is 16.8. The molecule has 0 aliphatic carbocycles. The van der Waals surface area contributed by atoms with Crippen molar-refractivity contribution in [1.29, 1.82) is 0 Å². The van der Waals surface area contributed by atoms with E-state index < -0.39 is 0 Å². The third kappa shape index (κ3) is 4.26. The SMILES string of the molecule is CSc1ccc(NCc2cccc(C(=O)N3CCCCC3)c2)nn1. The molecule has 0 bridgehead atoms. The van der Waals surface area contributed by atoms with E-state index in [1.807, 2.05) is 47.6 Å². The first-order chi connectivity index (χ1) is 11.8. The van der Waals surface area contributed by atoms with Gasteiger partial charge in [0.1, 0.15) is 10.8 Å². The highest BCUT2D eigenvalue weighted by Crippen LogP contribution is 2.16. The van der Waals surface area contributed by atoms with Crippen molar-refractivity contribution in [1.82, 2.24) is 15.1 Å². The number of rotatable bonds is 5. The molecule has 0 saturated carbocycles. The van der Waals surface area contributed by atoms with Crippen molar-refractivity contribution >= 4 is 23.5 Å². The van der Waals surface area contributed by atoms with E-state index in [2.05, 4.69) is 15.5 Å². The number of carbonyl (C=O) groups excluding carboxylic acids is 1. The molecule has 6 heteroatoms. The molecule has 1 amide bonds. The van der Waals surface area contributed by atoms with Crippen LogP contribution >= 0.6 is 11.8 Å². The summed E-state index contributed by atoms with van der Waals surface area (Å²) in [6.07, 6.45) is 5.42. The number of likely N-dealkylation sites (tertiary alicyclic amines) is 1. The fraction of sp³-hybridized carbons (Fsp3) is 0.389. The van der Waals surface area contributed by atoms with Gasteiger partial charge in [-0.25, -0.2) is 0 Å². The Morgan fingerprint density at radius 2 is 2.00 bits per heavy atom. The summed E-state index contributed by atoms with van der Waals surface area (Å²) in [5.74, 6) is 0.876. The van der Waals surface area contributed by atoms with Crippen molar-refractivity contribution in [2.75, 3.05) is 24.7 Å². The molecule has 24 heavy (non-hydrogen) atoms. The monoisotopic (exact) mass is 342 g/mol. The first-order valence-electron chi connectivity index (χ1n) is 8.26. The van der Waals surface area contributed by atoms with Crippen LogP contribution in [0.5, 0.6) is 0 Å². The topological polar surface area (TPSA) is 58.1 Å². The van der Waals surface area contributed by atoms with Crippen LogP contribution < -0.4 is 5.32 Å². The summed E-state index contributed by atoms with van der Waals surface area (Å²) in [5, 5.41) is 12.4. The van der Waals surface area contributed by atoms with Crippen molar-refractivity contribution in [2.45, 2.75) is 30.8 Å². The van der Waals surface area contributed by atoms with E-state index in [1.165, 1.54) is 6.42 Å². The number of amides is 1. The predicted molar refractivity (Wildman–Crippen MR) is 97.3 cm³/mol. The van der Waals surface area contributed by atoms with Gasteiger partial charge in [-0.2, -0.15) is 0 Å². The Hall–Kier alpha value is -2.08. The summed E-state index contributed by atoms with van der Waals surface area (Å²) in [6.45, 7) is 2.37. The van der Waals surface area contributed by atoms with Crippen LogP contribution in [0.1, 0.15) is 35.2 Å². The molecule has 5 nitrogen and oxygen atoms in total. The van der Waals surface area contributed by atoms with Crippen LogP contribution in [0.4, 0.5) is 5.82 Å². The highest BCUT2D eigenvalue weighted by molar-refractivity contribution is 7.98. The molecule has 1 aliphatic heterocycles. The molecule has 2 aromatic rings. The van der Waals surface area contributed by atoms with Crippen LogP contribution in [-0.2, 0) is 6.54 Å². The van der Waals surface area contributed by atoms with Gasteiger partial charge in [0.2, 0.25) is 0 Å². The lowest BCUT2D eigenvalue weighted by Crippen LogP contribution is -2.35. The van der Waals surface area contributed by atoms with Crippen molar-refractivity contribution in [2.24, 2.45) is 0 Å². The Morgan fingerprint density at radius 3 is 2.71 bits per heavy atom. The van der Waals surface area contributed by atoms with E-state index in [0.29, 0.717) is 6.54 Å². The summed E-state index contributed by atoms with van der Waals surface area (Å²) in [4.78, 5) is 14.5. The molecule has 0 atom stereocenters. The highest BCUT2D eigenvalue weighted by atomic mass is 32.2. The zero-order valence-electron chi connectivity index (χ0n) is 13.9. The molecule has 2 heterocycles. The normalized spacial score (nSPS) is 14.5. The summed E-state index contributed by atoms with van der Waals surface area (Å²) in [6, 6.07) is 11.7. The van der Waals surface area contributed by atoms with E-state index >= 15 is 0 Å². The lowest BCUT2D eigenvalue weighted by molar-refractivity contribution is 0.0724. The molecule has 1 fully saturated rings. The number of aromatic nitrogens is 2. The number of nitrogens with one attached hydrogen (secondary N) is 1. The molecule has 1 aromatic carbocycles. The van der Waals surface area contributed by atoms with E-state index in [-0.39, 0.29) is 5.91 Å². The summed E-state index contributed by atoms with van der Waals surface area (Å²) >= 11 is 1.57. The Morgan fingerprint density at radius 1 is 1.17 bits per heavy atom. The van der Waals surface area contributed by atoms with Crippen molar-refractivity contribution in [3.63, 3.8) is 0 Å². The number of carbonyl (C=O) groups is 1. The fourth-order valence-corrected chi connectivity index (χ4v) is 3.14. The fourth-order valence-electron chi connectivity index (χ4n) is 2.81. The van der Waals surface area contributed by atoms with E-state index in [1.54, 1.807) is 11.8 Å². The maximum Gasteiger partial charge on any atom is 0.253 e. The van der Waals surface area contributed by atoms with Gasteiger partial charge in [0.15, 0.2) is 0 Å². The van der Waals surface area contributed by atoms with Gasteiger partial charge in [0.25, 0.3) is 5.91 Å². The number of hydrogen-bond acceptors (Lipinski definition) is 5. The maximum atomic E-state index is 12.6. The number of piperidine rings is 1. The Bertz CT molecular complexity index is 684. The maximum absolute atomic E-state index is 12.6.